The molecule has 0 spiro atoms. The van der Waals surface area contributed by atoms with Crippen molar-refractivity contribution in [2.24, 2.45) is 0 Å². The second-order valence-electron chi connectivity index (χ2n) is 5.26. The fourth-order valence-electron chi connectivity index (χ4n) is 2.30. The van der Waals surface area contributed by atoms with Crippen molar-refractivity contribution in [3.63, 3.8) is 0 Å². The predicted octanol–water partition coefficient (Wildman–Crippen LogP) is 3.29. The maximum atomic E-state index is 12.3. The minimum absolute atomic E-state index is 0.177. The molecule has 5 nitrogen and oxygen atoms in total. The molecule has 2 aromatic rings. The van der Waals surface area contributed by atoms with Crippen LogP contribution in [0.1, 0.15) is 41.4 Å². The summed E-state index contributed by atoms with van der Waals surface area (Å²) >= 11 is 0. The Bertz CT molecular complexity index is 668. The smallest absolute Gasteiger partial charge is 0.253 e. The van der Waals surface area contributed by atoms with Gasteiger partial charge in [-0.3, -0.25) is 4.79 Å². The second-order valence-corrected chi connectivity index (χ2v) is 5.26. The first-order chi connectivity index (χ1) is 11.0. The average molecular weight is 314 g/mol. The van der Waals surface area contributed by atoms with Crippen LogP contribution in [0, 0.1) is 6.92 Å². The van der Waals surface area contributed by atoms with Crippen molar-refractivity contribution in [1.82, 2.24) is 10.3 Å². The van der Waals surface area contributed by atoms with Crippen molar-refractivity contribution >= 4 is 5.91 Å². The highest BCUT2D eigenvalue weighted by molar-refractivity contribution is 5.94. The Morgan fingerprint density at radius 3 is 2.70 bits per heavy atom. The van der Waals surface area contributed by atoms with Crippen LogP contribution in [-0.4, -0.2) is 24.6 Å². The number of hydrogen-bond donors (Lipinski definition) is 1. The topological polar surface area (TPSA) is 60.5 Å². The molecule has 0 aliphatic rings. The molecule has 0 aliphatic heterocycles. The first-order valence-corrected chi connectivity index (χ1v) is 7.59. The summed E-state index contributed by atoms with van der Waals surface area (Å²) in [5.74, 6) is 1.09. The Morgan fingerprint density at radius 2 is 2.09 bits per heavy atom. The van der Waals surface area contributed by atoms with Gasteiger partial charge in [-0.25, -0.2) is 4.98 Å². The van der Waals surface area contributed by atoms with Gasteiger partial charge in [0.05, 0.1) is 25.3 Å². The van der Waals surface area contributed by atoms with E-state index in [1.165, 1.54) is 6.20 Å². The number of hydrogen-bond acceptors (Lipinski definition) is 4. The SMILES string of the molecule is CCOc1ccc(C(=O)N[C@H](C)c2cc(C)ccc2OC)cn1. The van der Waals surface area contributed by atoms with Crippen molar-refractivity contribution in [1.29, 1.82) is 0 Å². The lowest BCUT2D eigenvalue weighted by Crippen LogP contribution is -2.27. The van der Waals surface area contributed by atoms with Crippen LogP contribution in [0.4, 0.5) is 0 Å². The number of pyridine rings is 1. The van der Waals surface area contributed by atoms with Crippen LogP contribution in [0.2, 0.25) is 0 Å². The van der Waals surface area contributed by atoms with Crippen molar-refractivity contribution in [2.45, 2.75) is 26.8 Å². The Kier molecular flexibility index (Phi) is 5.57. The number of aromatic nitrogens is 1. The highest BCUT2D eigenvalue weighted by Gasteiger charge is 2.15. The zero-order chi connectivity index (χ0) is 16.8. The molecule has 0 fully saturated rings. The largest absolute Gasteiger partial charge is 0.496 e. The van der Waals surface area contributed by atoms with Crippen LogP contribution < -0.4 is 14.8 Å². The van der Waals surface area contributed by atoms with Crippen LogP contribution in [0.5, 0.6) is 11.6 Å². The molecule has 2 rings (SSSR count). The van der Waals surface area contributed by atoms with Gasteiger partial charge in [0.15, 0.2) is 0 Å². The van der Waals surface area contributed by atoms with Crippen molar-refractivity contribution in [3.05, 3.63) is 53.2 Å². The molecule has 1 amide bonds. The first kappa shape index (κ1) is 16.8. The second kappa shape index (κ2) is 7.63. The molecule has 0 saturated heterocycles. The quantitative estimate of drug-likeness (QED) is 0.889. The van der Waals surface area contributed by atoms with Crippen LogP contribution in [0.3, 0.4) is 0 Å². The van der Waals surface area contributed by atoms with Gasteiger partial charge in [-0.2, -0.15) is 0 Å². The molecular weight excluding hydrogens is 292 g/mol. The fourth-order valence-corrected chi connectivity index (χ4v) is 2.30. The molecule has 0 radical (unpaired) electrons. The molecule has 122 valence electrons. The molecule has 0 unspecified atom stereocenters. The van der Waals surface area contributed by atoms with Gasteiger partial charge in [0.2, 0.25) is 5.88 Å². The van der Waals surface area contributed by atoms with Crippen molar-refractivity contribution in [2.75, 3.05) is 13.7 Å². The molecule has 1 N–H and O–H groups in total. The normalized spacial score (nSPS) is 11.7. The van der Waals surface area contributed by atoms with E-state index in [9.17, 15) is 4.79 Å². The van der Waals surface area contributed by atoms with Crippen LogP contribution in [0.25, 0.3) is 0 Å². The molecule has 5 heteroatoms. The molecule has 1 heterocycles. The summed E-state index contributed by atoms with van der Waals surface area (Å²) in [5, 5.41) is 2.97. The number of ether oxygens (including phenoxy) is 2. The predicted molar refractivity (Wildman–Crippen MR) is 89.0 cm³/mol. The van der Waals surface area contributed by atoms with Crippen molar-refractivity contribution in [3.8, 4) is 11.6 Å². The number of nitrogens with zero attached hydrogens (tertiary/aromatic N) is 1. The average Bonchev–Trinajstić information content (AvgIpc) is 2.55. The van der Waals surface area contributed by atoms with Crippen LogP contribution >= 0.6 is 0 Å². The van der Waals surface area contributed by atoms with E-state index in [-0.39, 0.29) is 11.9 Å². The molecule has 1 atom stereocenters. The lowest BCUT2D eigenvalue weighted by Gasteiger charge is -2.18. The van der Waals surface area contributed by atoms with E-state index in [2.05, 4.69) is 10.3 Å². The minimum Gasteiger partial charge on any atom is -0.496 e. The van der Waals surface area contributed by atoms with Crippen LogP contribution in [0.15, 0.2) is 36.5 Å². The third-order valence-corrected chi connectivity index (χ3v) is 3.49. The number of amides is 1. The van der Waals surface area contributed by atoms with Gasteiger partial charge in [0.25, 0.3) is 5.91 Å². The third-order valence-electron chi connectivity index (χ3n) is 3.49. The van der Waals surface area contributed by atoms with E-state index in [4.69, 9.17) is 9.47 Å². The van der Waals surface area contributed by atoms with E-state index in [0.717, 1.165) is 16.9 Å². The van der Waals surface area contributed by atoms with Gasteiger partial charge in [0.1, 0.15) is 5.75 Å². The van der Waals surface area contributed by atoms with Gasteiger partial charge in [-0.1, -0.05) is 17.7 Å². The summed E-state index contributed by atoms with van der Waals surface area (Å²) in [6.07, 6.45) is 1.51. The molecule has 0 saturated carbocycles. The van der Waals surface area contributed by atoms with Crippen molar-refractivity contribution < 1.29 is 14.3 Å². The summed E-state index contributed by atoms with van der Waals surface area (Å²) in [5.41, 5.74) is 2.55. The Labute approximate surface area is 136 Å². The first-order valence-electron chi connectivity index (χ1n) is 7.59. The Morgan fingerprint density at radius 1 is 1.30 bits per heavy atom. The minimum atomic E-state index is -0.184. The lowest BCUT2D eigenvalue weighted by atomic mass is 10.0. The number of rotatable bonds is 6. The van der Waals surface area contributed by atoms with E-state index < -0.39 is 0 Å². The van der Waals surface area contributed by atoms with E-state index in [1.807, 2.05) is 39.0 Å². The Balaban J connectivity index is 2.11. The van der Waals surface area contributed by atoms with Gasteiger partial charge in [0, 0.05) is 17.8 Å². The van der Waals surface area contributed by atoms with Gasteiger partial charge < -0.3 is 14.8 Å². The number of nitrogens with one attached hydrogen (secondary N) is 1. The molecule has 1 aromatic heterocycles. The number of methoxy groups -OCH3 is 1. The maximum absolute atomic E-state index is 12.3. The summed E-state index contributed by atoms with van der Waals surface area (Å²) in [6.45, 7) is 6.37. The summed E-state index contributed by atoms with van der Waals surface area (Å²) in [7, 11) is 1.62. The molecular formula is C18H22N2O3. The number of carbonyl (C=O) groups excluding carboxylic acids is 1. The maximum Gasteiger partial charge on any atom is 0.253 e. The summed E-state index contributed by atoms with van der Waals surface area (Å²) < 4.78 is 10.6. The molecule has 0 bridgehead atoms. The van der Waals surface area contributed by atoms with E-state index in [0.29, 0.717) is 18.1 Å². The molecule has 23 heavy (non-hydrogen) atoms. The monoisotopic (exact) mass is 314 g/mol. The van der Waals surface area contributed by atoms with Gasteiger partial charge in [-0.15, -0.1) is 0 Å². The fraction of sp³-hybridized carbons (Fsp3) is 0.333. The summed E-state index contributed by atoms with van der Waals surface area (Å²) in [4.78, 5) is 16.5. The Hall–Kier alpha value is -2.56. The summed E-state index contributed by atoms with van der Waals surface area (Å²) in [6, 6.07) is 9.12. The highest BCUT2D eigenvalue weighted by atomic mass is 16.5. The molecule has 0 aliphatic carbocycles. The standard InChI is InChI=1S/C18H22N2O3/c1-5-23-17-9-7-14(11-19-17)18(21)20-13(3)15-10-12(2)6-8-16(15)22-4/h6-11,13H,5H2,1-4H3,(H,20,21)/t13-/m1/s1. The van der Waals surface area contributed by atoms with Crippen LogP contribution in [-0.2, 0) is 0 Å². The third kappa shape index (κ3) is 4.22. The zero-order valence-corrected chi connectivity index (χ0v) is 13.9. The number of carbonyl (C=O) groups is 1. The zero-order valence-electron chi connectivity index (χ0n) is 13.9. The van der Waals surface area contributed by atoms with Gasteiger partial charge in [-0.05, 0) is 32.9 Å². The van der Waals surface area contributed by atoms with E-state index in [1.54, 1.807) is 19.2 Å². The number of aryl methyl sites for hydroxylation is 1. The highest BCUT2D eigenvalue weighted by Crippen LogP contribution is 2.26. The number of benzene rings is 1. The lowest BCUT2D eigenvalue weighted by molar-refractivity contribution is 0.0939. The molecule has 1 aromatic carbocycles. The van der Waals surface area contributed by atoms with Gasteiger partial charge >= 0.3 is 0 Å². The van der Waals surface area contributed by atoms with E-state index >= 15 is 0 Å².